The van der Waals surface area contributed by atoms with E-state index in [9.17, 15) is 0 Å². The minimum atomic E-state index is 0.608. The number of fused-ring (bicyclic) bond motifs is 3. The molecule has 0 amide bonds. The number of nitrogen functional groups attached to an aromatic ring is 1. The van der Waals surface area contributed by atoms with Crippen LogP contribution >= 0.6 is 23.1 Å². The third-order valence-corrected chi connectivity index (χ3v) is 7.62. The van der Waals surface area contributed by atoms with Gasteiger partial charge in [-0.3, -0.25) is 0 Å². The lowest BCUT2D eigenvalue weighted by Crippen LogP contribution is -2.03. The van der Waals surface area contributed by atoms with Gasteiger partial charge in [0.05, 0.1) is 11.1 Å². The topological polar surface area (TPSA) is 82.5 Å². The molecule has 5 rings (SSSR count). The van der Waals surface area contributed by atoms with Gasteiger partial charge in [0, 0.05) is 17.3 Å². The maximum Gasteiger partial charge on any atom is 0.191 e. The monoisotopic (exact) mass is 400 g/mol. The maximum atomic E-state index is 6.37. The molecule has 6 nitrogen and oxygen atoms in total. The van der Waals surface area contributed by atoms with Gasteiger partial charge in [-0.25, -0.2) is 9.97 Å². The number of nitrogens with zero attached hydrogens (tertiary/aromatic N) is 5. The molecule has 0 radical (unpaired) electrons. The first-order chi connectivity index (χ1) is 13.2. The SMILES string of the molecule is CCn1c(SCc2nc(N)c3c4c(sc3n2)CCCCC4)nnc1C1CC1. The molecule has 0 aliphatic heterocycles. The highest BCUT2D eigenvalue weighted by Gasteiger charge is 2.30. The Bertz CT molecular complexity index is 988. The van der Waals surface area contributed by atoms with E-state index in [1.165, 1.54) is 42.5 Å². The Labute approximate surface area is 167 Å². The lowest BCUT2D eigenvalue weighted by molar-refractivity contribution is 0.643. The molecular formula is C19H24N6S2. The van der Waals surface area contributed by atoms with E-state index in [4.69, 9.17) is 10.7 Å². The molecule has 0 saturated heterocycles. The summed E-state index contributed by atoms with van der Waals surface area (Å²) in [6.45, 7) is 3.05. The number of thiophene rings is 1. The molecule has 0 unspecified atom stereocenters. The smallest absolute Gasteiger partial charge is 0.191 e. The van der Waals surface area contributed by atoms with Gasteiger partial charge in [-0.15, -0.1) is 21.5 Å². The average Bonchev–Trinajstić information content (AvgIpc) is 3.38. The van der Waals surface area contributed by atoms with Crippen molar-refractivity contribution >= 4 is 39.1 Å². The van der Waals surface area contributed by atoms with E-state index in [1.807, 2.05) is 11.3 Å². The molecule has 0 aromatic carbocycles. The van der Waals surface area contributed by atoms with E-state index in [0.29, 0.717) is 17.5 Å². The first-order valence-corrected chi connectivity index (χ1v) is 11.7. The maximum absolute atomic E-state index is 6.37. The Hall–Kier alpha value is -1.67. The second-order valence-electron chi connectivity index (χ2n) is 7.42. The molecule has 2 aliphatic rings. The molecule has 0 spiro atoms. The van der Waals surface area contributed by atoms with Crippen LogP contribution in [0.5, 0.6) is 0 Å². The quantitative estimate of drug-likeness (QED) is 0.507. The molecule has 3 aromatic rings. The summed E-state index contributed by atoms with van der Waals surface area (Å²) in [6.07, 6.45) is 8.56. The summed E-state index contributed by atoms with van der Waals surface area (Å²) in [5.74, 6) is 3.85. The normalized spacial score (nSPS) is 17.2. The lowest BCUT2D eigenvalue weighted by Gasteiger charge is -2.07. The molecule has 1 fully saturated rings. The van der Waals surface area contributed by atoms with Crippen LogP contribution < -0.4 is 5.73 Å². The minimum absolute atomic E-state index is 0.608. The van der Waals surface area contributed by atoms with Gasteiger partial charge >= 0.3 is 0 Å². The number of thioether (sulfide) groups is 1. The summed E-state index contributed by atoms with van der Waals surface area (Å²) >= 11 is 3.47. The fourth-order valence-corrected chi connectivity index (χ4v) is 6.10. The van der Waals surface area contributed by atoms with Gasteiger partial charge in [-0.2, -0.15) is 0 Å². The van der Waals surface area contributed by atoms with E-state index in [2.05, 4.69) is 26.7 Å². The van der Waals surface area contributed by atoms with Gasteiger partial charge in [-0.05, 0) is 51.0 Å². The summed E-state index contributed by atoms with van der Waals surface area (Å²) in [5.41, 5.74) is 7.77. The van der Waals surface area contributed by atoms with Crippen molar-refractivity contribution in [3.8, 4) is 0 Å². The Morgan fingerprint density at radius 1 is 1.15 bits per heavy atom. The van der Waals surface area contributed by atoms with Crippen molar-refractivity contribution in [3.05, 3.63) is 22.1 Å². The molecule has 2 aliphatic carbocycles. The van der Waals surface area contributed by atoms with Crippen molar-refractivity contribution in [1.82, 2.24) is 24.7 Å². The van der Waals surface area contributed by atoms with Crippen LogP contribution in [0.25, 0.3) is 10.2 Å². The van der Waals surface area contributed by atoms with E-state index in [-0.39, 0.29) is 0 Å². The van der Waals surface area contributed by atoms with Gasteiger partial charge in [0.25, 0.3) is 0 Å². The molecule has 3 heterocycles. The number of hydrogen-bond donors (Lipinski definition) is 1. The third-order valence-electron chi connectivity index (χ3n) is 5.47. The zero-order valence-electron chi connectivity index (χ0n) is 15.6. The Balaban J connectivity index is 1.41. The highest BCUT2D eigenvalue weighted by Crippen LogP contribution is 2.40. The minimum Gasteiger partial charge on any atom is -0.383 e. The number of hydrogen-bond acceptors (Lipinski definition) is 7. The lowest BCUT2D eigenvalue weighted by atomic mass is 10.1. The summed E-state index contributed by atoms with van der Waals surface area (Å²) in [6, 6.07) is 0. The molecule has 0 bridgehead atoms. The van der Waals surface area contributed by atoms with Crippen LogP contribution in [0, 0.1) is 0 Å². The van der Waals surface area contributed by atoms with Gasteiger partial charge in [0.15, 0.2) is 5.16 Å². The van der Waals surface area contributed by atoms with Gasteiger partial charge in [0.1, 0.15) is 22.3 Å². The first kappa shape index (κ1) is 17.4. The summed E-state index contributed by atoms with van der Waals surface area (Å²) in [4.78, 5) is 12.0. The fraction of sp³-hybridized carbons (Fsp3) is 0.579. The Morgan fingerprint density at radius 2 is 2.00 bits per heavy atom. The Kier molecular flexibility index (Phi) is 4.55. The van der Waals surface area contributed by atoms with E-state index in [1.54, 1.807) is 11.8 Å². The zero-order chi connectivity index (χ0) is 18.4. The summed E-state index contributed by atoms with van der Waals surface area (Å²) < 4.78 is 2.23. The molecule has 2 N–H and O–H groups in total. The summed E-state index contributed by atoms with van der Waals surface area (Å²) in [7, 11) is 0. The van der Waals surface area contributed by atoms with Crippen molar-refractivity contribution in [1.29, 1.82) is 0 Å². The second kappa shape index (κ2) is 7.05. The largest absolute Gasteiger partial charge is 0.383 e. The van der Waals surface area contributed by atoms with Crippen LogP contribution in [0.3, 0.4) is 0 Å². The molecule has 8 heteroatoms. The Morgan fingerprint density at radius 3 is 2.81 bits per heavy atom. The highest BCUT2D eigenvalue weighted by atomic mass is 32.2. The third kappa shape index (κ3) is 3.23. The van der Waals surface area contributed by atoms with E-state index in [0.717, 1.165) is 46.4 Å². The van der Waals surface area contributed by atoms with Gasteiger partial charge in [0.2, 0.25) is 0 Å². The van der Waals surface area contributed by atoms with E-state index < -0.39 is 0 Å². The predicted octanol–water partition coefficient (Wildman–Crippen LogP) is 4.32. The van der Waals surface area contributed by atoms with Crippen molar-refractivity contribution in [2.24, 2.45) is 0 Å². The second-order valence-corrected chi connectivity index (χ2v) is 9.44. The number of rotatable bonds is 5. The predicted molar refractivity (Wildman–Crippen MR) is 110 cm³/mol. The van der Waals surface area contributed by atoms with Crippen LogP contribution in [0.1, 0.15) is 67.0 Å². The van der Waals surface area contributed by atoms with Crippen LogP contribution in [-0.4, -0.2) is 24.7 Å². The average molecular weight is 401 g/mol. The summed E-state index contributed by atoms with van der Waals surface area (Å²) in [5, 5.41) is 10.9. The number of aryl methyl sites for hydroxylation is 2. The van der Waals surface area contributed by atoms with Gasteiger partial charge in [-0.1, -0.05) is 18.2 Å². The highest BCUT2D eigenvalue weighted by molar-refractivity contribution is 7.98. The number of anilines is 1. The van der Waals surface area contributed by atoms with Crippen molar-refractivity contribution in [2.75, 3.05) is 5.73 Å². The zero-order valence-corrected chi connectivity index (χ0v) is 17.2. The van der Waals surface area contributed by atoms with Crippen molar-refractivity contribution in [3.63, 3.8) is 0 Å². The van der Waals surface area contributed by atoms with Crippen LogP contribution in [0.2, 0.25) is 0 Å². The molecule has 27 heavy (non-hydrogen) atoms. The molecule has 142 valence electrons. The van der Waals surface area contributed by atoms with Crippen molar-refractivity contribution < 1.29 is 0 Å². The fourth-order valence-electron chi connectivity index (χ4n) is 3.95. The van der Waals surface area contributed by atoms with Crippen LogP contribution in [0.4, 0.5) is 5.82 Å². The van der Waals surface area contributed by atoms with Crippen molar-refractivity contribution in [2.45, 2.75) is 75.2 Å². The number of aromatic nitrogens is 5. The molecule has 0 atom stereocenters. The first-order valence-electron chi connectivity index (χ1n) is 9.87. The molecule has 1 saturated carbocycles. The van der Waals surface area contributed by atoms with E-state index >= 15 is 0 Å². The molecule has 3 aromatic heterocycles. The van der Waals surface area contributed by atoms with Gasteiger partial charge < -0.3 is 10.3 Å². The van der Waals surface area contributed by atoms with Crippen LogP contribution in [0.15, 0.2) is 5.16 Å². The number of nitrogens with two attached hydrogens (primary N) is 1. The van der Waals surface area contributed by atoms with Crippen LogP contribution in [-0.2, 0) is 25.1 Å². The molecular weight excluding hydrogens is 376 g/mol. The standard InChI is InChI=1S/C19H24N6S2/c1-2-25-17(11-8-9-11)23-24-19(25)26-10-14-21-16(20)15-12-6-4-3-5-7-13(12)27-18(15)22-14/h11H,2-10H2,1H3,(H2,20,21,22).